The Hall–Kier alpha value is -5.27. The summed E-state index contributed by atoms with van der Waals surface area (Å²) in [7, 11) is 0. The average molecular weight is 1220 g/mol. The third-order valence-corrected chi connectivity index (χ3v) is 25.4. The van der Waals surface area contributed by atoms with Gasteiger partial charge in [0, 0.05) is 51.9 Å². The number of rotatable bonds is 13. The normalized spacial score (nSPS) is 29.2. The molecule has 3 N–H and O–H groups in total. The number of nitrogens with zero attached hydrogens (tertiary/aromatic N) is 6. The maximum atomic E-state index is 13.6. The van der Waals surface area contributed by atoms with E-state index >= 15 is 0 Å². The molecule has 11 aliphatic carbocycles. The molecule has 0 spiro atoms. The number of hydrogen-bond acceptors (Lipinski definition) is 8. The summed E-state index contributed by atoms with van der Waals surface area (Å²) < 4.78 is 11.9. The zero-order valence-corrected chi connectivity index (χ0v) is 56.2. The first-order valence-corrected chi connectivity index (χ1v) is 36.3. The molecule has 0 radical (unpaired) electrons. The molecule has 486 valence electrons. The van der Waals surface area contributed by atoms with Gasteiger partial charge in [-0.3, -0.25) is 33.2 Å². The van der Waals surface area contributed by atoms with Crippen molar-refractivity contribution >= 4 is 23.7 Å². The monoisotopic (exact) mass is 1220 g/mol. The van der Waals surface area contributed by atoms with Crippen molar-refractivity contribution in [1.82, 2.24) is 45.3 Å². The van der Waals surface area contributed by atoms with Crippen molar-refractivity contribution in [3.8, 4) is 0 Å². The van der Waals surface area contributed by atoms with Crippen molar-refractivity contribution in [2.75, 3.05) is 6.61 Å². The lowest BCUT2D eigenvalue weighted by Crippen LogP contribution is -2.60. The van der Waals surface area contributed by atoms with Crippen LogP contribution in [0, 0.1) is 51.8 Å². The Morgan fingerprint density at radius 1 is 0.596 bits per heavy atom. The van der Waals surface area contributed by atoms with E-state index in [0.717, 1.165) is 93.2 Å². The molecule has 6 unspecified atom stereocenters. The standard InChI is InChI=1S/C26H35N3O.C25H39N3O3.C24H37N3O/c1-17(18-10-6-5-7-11-18)29-21-13-9-8-12-20(21)22(28-29)23(30)27-24-25(2,3)19-14-15-26(24,4)16-19;1-3-31-25(30)19-14-15-22-21(16-19)23(27-28(22)20-12-8-5-9-13-20)24(29)26-17(2)18-10-6-4-7-11-18;1-15-19-13-16(24(19,2)3)14-20(15)25-23(28)22-18-11-7-8-12-21(18)27(26-22)17-9-5-4-6-10-17/h5-7,10-11,17,19,24H,8-9,12-16H2,1-4H3,(H,27,30);17-20H,3-16H2,1-2H3,(H,26,29);15-17,19-20H,4-14H2,1-3H3,(H,25,28)/t;17-,19?;15-,16+,19-,20?/m.11/s1. The van der Waals surface area contributed by atoms with Crippen molar-refractivity contribution in [3.05, 3.63) is 86.7 Å². The summed E-state index contributed by atoms with van der Waals surface area (Å²) in [6.07, 6.45) is 35.9. The second kappa shape index (κ2) is 26.8. The topological polar surface area (TPSA) is 167 Å². The molecular weight excluding hydrogens is 1110 g/mol. The number of nitrogens with one attached hydrogen (secondary N) is 3. The Bertz CT molecular complexity index is 3150. The van der Waals surface area contributed by atoms with Gasteiger partial charge in [0.25, 0.3) is 17.7 Å². The summed E-state index contributed by atoms with van der Waals surface area (Å²) in [4.78, 5) is 52.7. The van der Waals surface area contributed by atoms with E-state index in [1.807, 2.05) is 13.0 Å². The van der Waals surface area contributed by atoms with Crippen LogP contribution in [0.2, 0.25) is 0 Å². The van der Waals surface area contributed by atoms with E-state index in [4.69, 9.17) is 20.0 Å². The molecule has 8 fully saturated rings. The molecule has 89 heavy (non-hydrogen) atoms. The third kappa shape index (κ3) is 12.7. The maximum absolute atomic E-state index is 13.6. The summed E-state index contributed by atoms with van der Waals surface area (Å²) in [5.74, 6) is 3.15. The number of aromatic nitrogens is 6. The highest BCUT2D eigenvalue weighted by molar-refractivity contribution is 5.96. The summed E-state index contributed by atoms with van der Waals surface area (Å²) in [5.41, 5.74) is 11.3. The predicted octanol–water partition coefficient (Wildman–Crippen LogP) is 15.1. The van der Waals surface area contributed by atoms with Gasteiger partial charge >= 0.3 is 5.97 Å². The first kappa shape index (κ1) is 63.9. The number of amides is 3. The Labute approximate surface area is 533 Å². The predicted molar refractivity (Wildman–Crippen MR) is 351 cm³/mol. The first-order valence-electron chi connectivity index (χ1n) is 36.3. The lowest BCUT2D eigenvalue weighted by atomic mass is 9.45. The highest BCUT2D eigenvalue weighted by Crippen LogP contribution is 2.63. The van der Waals surface area contributed by atoms with Crippen molar-refractivity contribution in [3.63, 3.8) is 0 Å². The summed E-state index contributed by atoms with van der Waals surface area (Å²) in [5, 5.41) is 25.0. The fraction of sp³-hybridized carbons (Fsp3) is 0.747. The molecule has 0 aliphatic heterocycles. The molecule has 4 bridgehead atoms. The quantitative estimate of drug-likeness (QED) is 0.111. The number of benzene rings is 1. The van der Waals surface area contributed by atoms with Crippen LogP contribution in [-0.4, -0.2) is 77.8 Å². The van der Waals surface area contributed by atoms with Crippen LogP contribution in [0.3, 0.4) is 0 Å². The second-order valence-electron chi connectivity index (χ2n) is 31.4. The number of hydrogen-bond donors (Lipinski definition) is 3. The molecule has 4 aromatic rings. The van der Waals surface area contributed by atoms with Gasteiger partial charge in [-0.05, 0) is 213 Å². The van der Waals surface area contributed by atoms with Crippen molar-refractivity contribution in [2.45, 2.75) is 298 Å². The molecule has 1 aromatic carbocycles. The summed E-state index contributed by atoms with van der Waals surface area (Å²) >= 11 is 0. The lowest BCUT2D eigenvalue weighted by molar-refractivity contribution is -0.148. The highest BCUT2D eigenvalue weighted by atomic mass is 16.5. The highest BCUT2D eigenvalue weighted by Gasteiger charge is 2.60. The molecule has 3 heterocycles. The van der Waals surface area contributed by atoms with Gasteiger partial charge in [0.1, 0.15) is 0 Å². The van der Waals surface area contributed by atoms with Crippen LogP contribution in [-0.2, 0) is 48.1 Å². The molecule has 8 saturated carbocycles. The number of ether oxygens (including phenoxy) is 1. The van der Waals surface area contributed by atoms with Gasteiger partial charge in [0.15, 0.2) is 17.1 Å². The number of carbonyl (C=O) groups excluding carboxylic acids is 4. The molecule has 0 saturated heterocycles. The van der Waals surface area contributed by atoms with Gasteiger partial charge in [0.05, 0.1) is 30.7 Å². The van der Waals surface area contributed by atoms with Gasteiger partial charge < -0.3 is 20.7 Å². The Kier molecular flexibility index (Phi) is 19.2. The molecule has 10 atom stereocenters. The first-order chi connectivity index (χ1) is 42.9. The van der Waals surface area contributed by atoms with Crippen LogP contribution >= 0.6 is 0 Å². The number of esters is 1. The SMILES string of the molecule is CC(c1ccccc1)n1nc(C(=O)NC2C3(C)CCC(C3)C2(C)C)c2c1CCCC2.CCOC(=O)C1CCc2c(c(C(=O)N[C@H](C)C3CCCCC3)nn2C2CCCCC2)C1.C[C@H]1C(NC(=O)c2nn(C3CCCCC3)c3c2CCCC3)C[C@@H]2C[C@H]1C2(C)C. The van der Waals surface area contributed by atoms with Crippen LogP contribution in [0.5, 0.6) is 0 Å². The number of fused-ring (bicyclic) bond motifs is 7. The van der Waals surface area contributed by atoms with Crippen LogP contribution in [0.15, 0.2) is 30.3 Å². The zero-order valence-electron chi connectivity index (χ0n) is 56.2. The van der Waals surface area contributed by atoms with Crippen molar-refractivity contribution in [2.24, 2.45) is 51.8 Å². The van der Waals surface area contributed by atoms with E-state index < -0.39 is 0 Å². The minimum Gasteiger partial charge on any atom is -0.466 e. The summed E-state index contributed by atoms with van der Waals surface area (Å²) in [6.45, 7) is 20.8. The van der Waals surface area contributed by atoms with Gasteiger partial charge in [-0.25, -0.2) is 0 Å². The van der Waals surface area contributed by atoms with Crippen molar-refractivity contribution in [1.29, 1.82) is 0 Å². The summed E-state index contributed by atoms with van der Waals surface area (Å²) in [6, 6.07) is 12.3. The number of carbonyl (C=O) groups is 4. The molecule has 14 heteroatoms. The Balaban J connectivity index is 0.000000130. The van der Waals surface area contributed by atoms with E-state index in [1.165, 1.54) is 162 Å². The molecule has 3 amide bonds. The van der Waals surface area contributed by atoms with E-state index in [-0.39, 0.29) is 58.6 Å². The molecule has 14 nitrogen and oxygen atoms in total. The van der Waals surface area contributed by atoms with Crippen LogP contribution < -0.4 is 16.0 Å². The van der Waals surface area contributed by atoms with Crippen LogP contribution in [0.25, 0.3) is 0 Å². The Morgan fingerprint density at radius 2 is 1.16 bits per heavy atom. The minimum atomic E-state index is -0.168. The Morgan fingerprint density at radius 3 is 1.75 bits per heavy atom. The molecular formula is C75H111N9O5. The van der Waals surface area contributed by atoms with Gasteiger partial charge in [-0.1, -0.05) is 130 Å². The maximum Gasteiger partial charge on any atom is 0.309 e. The van der Waals surface area contributed by atoms with Gasteiger partial charge in [-0.15, -0.1) is 0 Å². The smallest absolute Gasteiger partial charge is 0.309 e. The van der Waals surface area contributed by atoms with Gasteiger partial charge in [0.2, 0.25) is 0 Å². The third-order valence-electron chi connectivity index (χ3n) is 25.4. The molecule has 15 rings (SSSR count). The van der Waals surface area contributed by atoms with Crippen LogP contribution in [0.4, 0.5) is 0 Å². The average Bonchev–Trinajstić information content (AvgIpc) is 1.20. The largest absolute Gasteiger partial charge is 0.466 e. The fourth-order valence-electron chi connectivity index (χ4n) is 19.8. The molecule has 11 aliphatic rings. The fourth-order valence-corrected chi connectivity index (χ4v) is 19.8. The minimum absolute atomic E-state index is 0.0408. The van der Waals surface area contributed by atoms with E-state index in [1.54, 1.807) is 0 Å². The second-order valence-corrected chi connectivity index (χ2v) is 31.4. The zero-order chi connectivity index (χ0) is 62.4. The van der Waals surface area contributed by atoms with Crippen LogP contribution in [0.1, 0.15) is 312 Å². The van der Waals surface area contributed by atoms with E-state index in [2.05, 4.69) is 110 Å². The lowest BCUT2D eigenvalue weighted by Gasteiger charge is -2.62. The van der Waals surface area contributed by atoms with Gasteiger partial charge in [-0.2, -0.15) is 15.3 Å². The van der Waals surface area contributed by atoms with Crippen molar-refractivity contribution < 1.29 is 23.9 Å². The van der Waals surface area contributed by atoms with E-state index in [0.29, 0.717) is 59.8 Å². The molecule has 3 aromatic heterocycles. The van der Waals surface area contributed by atoms with E-state index in [9.17, 15) is 19.2 Å².